The molecule has 0 atom stereocenters. The first kappa shape index (κ1) is 20.8. The summed E-state index contributed by atoms with van der Waals surface area (Å²) in [7, 11) is -7.17. The topological polar surface area (TPSA) is 54.4 Å². The number of hydrogen-bond donors (Lipinski definition) is 1. The third-order valence-corrected chi connectivity index (χ3v) is 2.34. The van der Waals surface area contributed by atoms with E-state index >= 15 is 0 Å². The smallest absolute Gasteiger partial charge is 1.00 e. The molecule has 0 saturated heterocycles. The van der Waals surface area contributed by atoms with Crippen LogP contribution in [0.15, 0.2) is 0 Å². The second-order valence-electron chi connectivity index (χ2n) is 2.64. The van der Waals surface area contributed by atoms with Crippen molar-refractivity contribution in [3.8, 4) is 0 Å². The molecular formula is C4H3CaF9O3S. The Bertz CT molecular complexity index is 408. The van der Waals surface area contributed by atoms with Gasteiger partial charge in [-0.05, 0) is 0 Å². The quantitative estimate of drug-likeness (QED) is 0.486. The van der Waals surface area contributed by atoms with E-state index in [1.165, 1.54) is 0 Å². The first-order valence-electron chi connectivity index (χ1n) is 3.17. The standard InChI is InChI=1S/C4HF9O3S.Ca.2H/c5-1(6,3(9,10)11)2(7,8)4(12,13)17(14,15)16;;;/h(H,14,15,16);;;/q;+2;2*-1. The van der Waals surface area contributed by atoms with Crippen LogP contribution in [0.2, 0.25) is 0 Å². The molecule has 18 heavy (non-hydrogen) atoms. The molecule has 0 radical (unpaired) electrons. The van der Waals surface area contributed by atoms with Crippen LogP contribution in [-0.4, -0.2) is 74.0 Å². The molecule has 0 bridgehead atoms. The van der Waals surface area contributed by atoms with Crippen LogP contribution in [0.25, 0.3) is 0 Å². The van der Waals surface area contributed by atoms with Gasteiger partial charge in [-0.15, -0.1) is 0 Å². The average Bonchev–Trinajstić information content (AvgIpc) is 1.98. The Morgan fingerprint density at radius 1 is 0.778 bits per heavy atom. The van der Waals surface area contributed by atoms with Crippen LogP contribution in [0.3, 0.4) is 0 Å². The van der Waals surface area contributed by atoms with Crippen LogP contribution in [0, 0.1) is 0 Å². The van der Waals surface area contributed by atoms with Crippen LogP contribution >= 0.6 is 0 Å². The zero-order chi connectivity index (χ0) is 14.5. The predicted molar refractivity (Wildman–Crippen MR) is 40.4 cm³/mol. The van der Waals surface area contributed by atoms with Gasteiger partial charge in [0, 0.05) is 0 Å². The van der Waals surface area contributed by atoms with Crippen molar-refractivity contribution >= 4 is 47.9 Å². The summed E-state index contributed by atoms with van der Waals surface area (Å²) in [4.78, 5) is 0. The van der Waals surface area contributed by atoms with Gasteiger partial charge in [-0.25, -0.2) is 0 Å². The molecule has 0 rings (SSSR count). The first-order chi connectivity index (χ1) is 7.00. The number of halogens is 9. The predicted octanol–water partition coefficient (Wildman–Crippen LogP) is 2.14. The zero-order valence-electron chi connectivity index (χ0n) is 9.78. The largest absolute Gasteiger partial charge is 2.00 e. The molecule has 0 aromatic heterocycles. The zero-order valence-corrected chi connectivity index (χ0v) is 10.8. The van der Waals surface area contributed by atoms with Gasteiger partial charge in [0.15, 0.2) is 0 Å². The van der Waals surface area contributed by atoms with Gasteiger partial charge in [0.25, 0.3) is 0 Å². The first-order valence-corrected chi connectivity index (χ1v) is 4.61. The van der Waals surface area contributed by atoms with Crippen molar-refractivity contribution in [3.63, 3.8) is 0 Å². The molecule has 0 spiro atoms. The van der Waals surface area contributed by atoms with E-state index in [4.69, 9.17) is 4.55 Å². The van der Waals surface area contributed by atoms with Crippen molar-refractivity contribution in [2.24, 2.45) is 0 Å². The van der Waals surface area contributed by atoms with E-state index in [1.807, 2.05) is 0 Å². The summed E-state index contributed by atoms with van der Waals surface area (Å²) in [5.74, 6) is -14.7. The Hall–Kier alpha value is 0.540. The maximum absolute atomic E-state index is 12.2. The number of hydrogen-bond acceptors (Lipinski definition) is 2. The van der Waals surface area contributed by atoms with Crippen LogP contribution in [0.5, 0.6) is 0 Å². The van der Waals surface area contributed by atoms with Gasteiger partial charge in [-0.3, -0.25) is 4.55 Å². The second kappa shape index (κ2) is 5.14. The summed E-state index contributed by atoms with van der Waals surface area (Å²) in [6.45, 7) is 0. The Morgan fingerprint density at radius 3 is 1.22 bits per heavy atom. The van der Waals surface area contributed by atoms with E-state index in [-0.39, 0.29) is 40.6 Å². The SMILES string of the molecule is O=S(=O)(O)C(F)(F)C(F)(F)C(F)(F)C(F)(F)F.[Ca+2].[H-].[H-]. The van der Waals surface area contributed by atoms with Gasteiger partial charge in [0.05, 0.1) is 0 Å². The Morgan fingerprint density at radius 2 is 1.06 bits per heavy atom. The molecular weight excluding hydrogens is 339 g/mol. The Labute approximate surface area is 126 Å². The van der Waals surface area contributed by atoms with Gasteiger partial charge in [-0.1, -0.05) is 0 Å². The fourth-order valence-electron chi connectivity index (χ4n) is 0.523. The van der Waals surface area contributed by atoms with E-state index < -0.39 is 33.4 Å². The van der Waals surface area contributed by atoms with Gasteiger partial charge < -0.3 is 2.85 Å². The van der Waals surface area contributed by atoms with Crippen molar-refractivity contribution in [2.45, 2.75) is 23.3 Å². The minimum absolute atomic E-state index is 0. The summed E-state index contributed by atoms with van der Waals surface area (Å²) in [5, 5.41) is -7.00. The summed E-state index contributed by atoms with van der Waals surface area (Å²) >= 11 is 0. The van der Waals surface area contributed by atoms with E-state index in [0.717, 1.165) is 0 Å². The normalized spacial score (nSPS) is 15.2. The molecule has 0 fully saturated rings. The Balaban J connectivity index is -0.000000427. The summed E-state index contributed by atoms with van der Waals surface area (Å²) in [6, 6.07) is 0. The van der Waals surface area contributed by atoms with E-state index in [2.05, 4.69) is 0 Å². The summed E-state index contributed by atoms with van der Waals surface area (Å²) in [6.07, 6.45) is -7.13. The van der Waals surface area contributed by atoms with E-state index in [0.29, 0.717) is 0 Å². The molecule has 0 amide bonds. The number of alkyl halides is 9. The second-order valence-corrected chi connectivity index (χ2v) is 4.10. The van der Waals surface area contributed by atoms with Crippen molar-refractivity contribution < 1.29 is 55.3 Å². The van der Waals surface area contributed by atoms with Crippen molar-refractivity contribution in [1.82, 2.24) is 0 Å². The van der Waals surface area contributed by atoms with E-state index in [1.54, 1.807) is 0 Å². The summed E-state index contributed by atoms with van der Waals surface area (Å²) in [5.41, 5.74) is 0. The molecule has 14 heteroatoms. The minimum atomic E-state index is -7.37. The van der Waals surface area contributed by atoms with Crippen LogP contribution in [0.4, 0.5) is 39.5 Å². The van der Waals surface area contributed by atoms with E-state index in [9.17, 15) is 47.9 Å². The van der Waals surface area contributed by atoms with Gasteiger partial charge >= 0.3 is 71.1 Å². The third kappa shape index (κ3) is 2.99. The van der Waals surface area contributed by atoms with Crippen molar-refractivity contribution in [3.05, 3.63) is 0 Å². The molecule has 0 saturated carbocycles. The maximum atomic E-state index is 12.2. The minimum Gasteiger partial charge on any atom is -1.00 e. The molecule has 3 nitrogen and oxygen atoms in total. The molecule has 0 unspecified atom stereocenters. The molecule has 0 aliphatic rings. The molecule has 0 aliphatic heterocycles. The Kier molecular flexibility index (Phi) is 5.96. The molecule has 0 aromatic rings. The fraction of sp³-hybridized carbons (Fsp3) is 1.00. The van der Waals surface area contributed by atoms with Crippen LogP contribution in [0.1, 0.15) is 2.85 Å². The number of rotatable bonds is 3. The van der Waals surface area contributed by atoms with Crippen molar-refractivity contribution in [1.29, 1.82) is 0 Å². The molecule has 0 aromatic carbocycles. The molecule has 0 aliphatic carbocycles. The fourth-order valence-corrected chi connectivity index (χ4v) is 0.975. The third-order valence-electron chi connectivity index (χ3n) is 1.44. The van der Waals surface area contributed by atoms with Gasteiger partial charge in [-0.2, -0.15) is 47.9 Å². The maximum Gasteiger partial charge on any atom is 2.00 e. The van der Waals surface area contributed by atoms with Gasteiger partial charge in [0.2, 0.25) is 0 Å². The molecule has 1 N–H and O–H groups in total. The van der Waals surface area contributed by atoms with Crippen molar-refractivity contribution in [2.75, 3.05) is 0 Å². The molecule has 0 heterocycles. The van der Waals surface area contributed by atoms with Gasteiger partial charge in [0.1, 0.15) is 0 Å². The molecule has 108 valence electrons. The van der Waals surface area contributed by atoms with Crippen LogP contribution < -0.4 is 0 Å². The monoisotopic (exact) mass is 342 g/mol. The summed E-state index contributed by atoms with van der Waals surface area (Å²) < 4.78 is 134. The average molecular weight is 342 g/mol. The van der Waals surface area contributed by atoms with Crippen LogP contribution in [-0.2, 0) is 10.1 Å².